The van der Waals surface area contributed by atoms with Crippen LogP contribution in [0.25, 0.3) is 11.0 Å². The minimum Gasteiger partial charge on any atom is -0.355 e. The lowest BCUT2D eigenvalue weighted by Gasteiger charge is -2.27. The molecule has 2 unspecified atom stereocenters. The standard InChI is InChI=1S/C13H11N3O3/c17-11-9-5-6-10(19-9)12(18)16(11)13-14-7-3-1-2-4-8(7)15-13/h1-4,9-10H,5-6H2,(H,14,15). The van der Waals surface area contributed by atoms with Crippen molar-refractivity contribution in [1.82, 2.24) is 9.97 Å². The minimum absolute atomic E-state index is 0.288. The highest BCUT2D eigenvalue weighted by molar-refractivity contribution is 6.19. The van der Waals surface area contributed by atoms with Gasteiger partial charge in [0.2, 0.25) is 5.95 Å². The summed E-state index contributed by atoms with van der Waals surface area (Å²) in [5, 5.41) is 0. The summed E-state index contributed by atoms with van der Waals surface area (Å²) in [5.41, 5.74) is 1.54. The predicted molar refractivity (Wildman–Crippen MR) is 66.5 cm³/mol. The van der Waals surface area contributed by atoms with E-state index in [4.69, 9.17) is 4.74 Å². The molecule has 1 aromatic carbocycles. The van der Waals surface area contributed by atoms with E-state index in [9.17, 15) is 9.59 Å². The number of amides is 2. The lowest BCUT2D eigenvalue weighted by Crippen LogP contribution is -2.52. The molecule has 2 atom stereocenters. The van der Waals surface area contributed by atoms with Gasteiger partial charge in [0.1, 0.15) is 12.2 Å². The zero-order valence-corrected chi connectivity index (χ0v) is 10.00. The summed E-state index contributed by atoms with van der Waals surface area (Å²) in [6.45, 7) is 0. The van der Waals surface area contributed by atoms with Crippen LogP contribution < -0.4 is 4.90 Å². The van der Waals surface area contributed by atoms with Crippen LogP contribution in [0.5, 0.6) is 0 Å². The number of nitrogens with one attached hydrogen (secondary N) is 1. The van der Waals surface area contributed by atoms with E-state index in [0.717, 1.165) is 15.9 Å². The first-order chi connectivity index (χ1) is 9.24. The molecule has 6 heteroatoms. The number of aromatic amines is 1. The number of fused-ring (bicyclic) bond motifs is 3. The average molecular weight is 257 g/mol. The van der Waals surface area contributed by atoms with Gasteiger partial charge in [0, 0.05) is 0 Å². The molecule has 0 saturated carbocycles. The molecular formula is C13H11N3O3. The monoisotopic (exact) mass is 257 g/mol. The molecule has 3 heterocycles. The third-order valence-electron chi connectivity index (χ3n) is 3.60. The smallest absolute Gasteiger partial charge is 0.265 e. The maximum absolute atomic E-state index is 12.2. The highest BCUT2D eigenvalue weighted by Gasteiger charge is 2.48. The number of nitrogens with zero attached hydrogens (tertiary/aromatic N) is 2. The first kappa shape index (κ1) is 10.7. The van der Waals surface area contributed by atoms with E-state index in [0.29, 0.717) is 12.8 Å². The topological polar surface area (TPSA) is 75.3 Å². The molecule has 2 bridgehead atoms. The van der Waals surface area contributed by atoms with Crippen molar-refractivity contribution in [3.63, 3.8) is 0 Å². The van der Waals surface area contributed by atoms with Gasteiger partial charge in [-0.15, -0.1) is 0 Å². The van der Waals surface area contributed by atoms with Gasteiger partial charge in [-0.25, -0.2) is 9.88 Å². The summed E-state index contributed by atoms with van der Waals surface area (Å²) < 4.78 is 5.37. The Morgan fingerprint density at radius 3 is 2.53 bits per heavy atom. The van der Waals surface area contributed by atoms with Crippen molar-refractivity contribution < 1.29 is 14.3 Å². The molecule has 1 aromatic heterocycles. The fraction of sp³-hybridized carbons (Fsp3) is 0.308. The molecule has 2 aliphatic heterocycles. The average Bonchev–Trinajstić information content (AvgIpc) is 3.02. The van der Waals surface area contributed by atoms with Crippen molar-refractivity contribution in [2.24, 2.45) is 0 Å². The number of anilines is 1. The van der Waals surface area contributed by atoms with Gasteiger partial charge in [0.15, 0.2) is 0 Å². The number of H-pyrrole nitrogens is 1. The zero-order chi connectivity index (χ0) is 13.0. The van der Waals surface area contributed by atoms with Gasteiger partial charge in [-0.05, 0) is 25.0 Å². The van der Waals surface area contributed by atoms with E-state index in [-0.39, 0.29) is 17.8 Å². The largest absolute Gasteiger partial charge is 0.355 e. The van der Waals surface area contributed by atoms with Crippen LogP contribution in [0.2, 0.25) is 0 Å². The molecule has 2 amide bonds. The second kappa shape index (κ2) is 3.64. The van der Waals surface area contributed by atoms with Crippen LogP contribution in [0.15, 0.2) is 24.3 Å². The fourth-order valence-corrected chi connectivity index (χ4v) is 2.65. The number of para-hydroxylation sites is 2. The second-order valence-electron chi connectivity index (χ2n) is 4.78. The van der Waals surface area contributed by atoms with Crippen molar-refractivity contribution >= 4 is 28.8 Å². The second-order valence-corrected chi connectivity index (χ2v) is 4.78. The summed E-state index contributed by atoms with van der Waals surface area (Å²) in [5.74, 6) is -0.355. The molecule has 2 fully saturated rings. The Kier molecular flexibility index (Phi) is 2.05. The summed E-state index contributed by atoms with van der Waals surface area (Å²) in [4.78, 5) is 32.8. The molecule has 0 aliphatic carbocycles. The molecule has 1 N–H and O–H groups in total. The van der Waals surface area contributed by atoms with Crippen LogP contribution in [0.3, 0.4) is 0 Å². The van der Waals surface area contributed by atoms with Crippen LogP contribution in [0, 0.1) is 0 Å². The number of rotatable bonds is 1. The molecule has 2 aliphatic rings. The number of ether oxygens (including phenoxy) is 1. The first-order valence-corrected chi connectivity index (χ1v) is 6.22. The third kappa shape index (κ3) is 1.43. The molecule has 0 spiro atoms. The maximum Gasteiger partial charge on any atom is 0.265 e. The van der Waals surface area contributed by atoms with Crippen LogP contribution >= 0.6 is 0 Å². The van der Waals surface area contributed by atoms with Crippen LogP contribution in [0.1, 0.15) is 12.8 Å². The molecular weight excluding hydrogens is 246 g/mol. The van der Waals surface area contributed by atoms with E-state index in [1.807, 2.05) is 24.3 Å². The van der Waals surface area contributed by atoms with E-state index < -0.39 is 12.2 Å². The number of imide groups is 1. The van der Waals surface area contributed by atoms with Crippen LogP contribution in [0.4, 0.5) is 5.95 Å². The van der Waals surface area contributed by atoms with Crippen molar-refractivity contribution in [3.05, 3.63) is 24.3 Å². The van der Waals surface area contributed by atoms with E-state index in [1.54, 1.807) is 0 Å². The molecule has 0 radical (unpaired) electrons. The minimum atomic E-state index is -0.504. The highest BCUT2D eigenvalue weighted by Crippen LogP contribution is 2.31. The normalized spacial score (nSPS) is 26.4. The number of imidazole rings is 1. The van der Waals surface area contributed by atoms with E-state index in [1.165, 1.54) is 0 Å². The number of carbonyl (C=O) groups is 2. The van der Waals surface area contributed by atoms with E-state index in [2.05, 4.69) is 9.97 Å². The van der Waals surface area contributed by atoms with Crippen LogP contribution in [-0.4, -0.2) is 34.0 Å². The Balaban J connectivity index is 1.82. The number of aromatic nitrogens is 2. The molecule has 2 saturated heterocycles. The predicted octanol–water partition coefficient (Wildman–Crippen LogP) is 0.984. The summed E-state index contributed by atoms with van der Waals surface area (Å²) in [6, 6.07) is 7.42. The third-order valence-corrected chi connectivity index (χ3v) is 3.60. The van der Waals surface area contributed by atoms with Gasteiger partial charge in [-0.3, -0.25) is 9.59 Å². The fourth-order valence-electron chi connectivity index (χ4n) is 2.65. The number of benzene rings is 1. The van der Waals surface area contributed by atoms with Gasteiger partial charge in [0.25, 0.3) is 11.8 Å². The molecule has 19 heavy (non-hydrogen) atoms. The van der Waals surface area contributed by atoms with Gasteiger partial charge >= 0.3 is 0 Å². The van der Waals surface area contributed by atoms with Gasteiger partial charge in [-0.2, -0.15) is 0 Å². The van der Waals surface area contributed by atoms with Gasteiger partial charge < -0.3 is 9.72 Å². The number of hydrogen-bond donors (Lipinski definition) is 1. The molecule has 4 rings (SSSR count). The SMILES string of the molecule is O=C1C2CCC(O2)C(=O)N1c1nc2ccccc2[nH]1. The van der Waals surface area contributed by atoms with Gasteiger partial charge in [-0.1, -0.05) is 12.1 Å². The highest BCUT2D eigenvalue weighted by atomic mass is 16.5. The maximum atomic E-state index is 12.2. The lowest BCUT2D eigenvalue weighted by molar-refractivity contribution is -0.147. The zero-order valence-electron chi connectivity index (χ0n) is 10.00. The lowest BCUT2D eigenvalue weighted by atomic mass is 10.2. The van der Waals surface area contributed by atoms with Crippen LogP contribution in [-0.2, 0) is 14.3 Å². The molecule has 6 nitrogen and oxygen atoms in total. The van der Waals surface area contributed by atoms with Crippen molar-refractivity contribution in [3.8, 4) is 0 Å². The summed E-state index contributed by atoms with van der Waals surface area (Å²) >= 11 is 0. The molecule has 2 aromatic rings. The Bertz CT molecular complexity index is 638. The first-order valence-electron chi connectivity index (χ1n) is 6.22. The van der Waals surface area contributed by atoms with Crippen molar-refractivity contribution in [1.29, 1.82) is 0 Å². The number of carbonyl (C=O) groups excluding carboxylic acids is 2. The van der Waals surface area contributed by atoms with Gasteiger partial charge in [0.05, 0.1) is 11.0 Å². The number of morpholine rings is 1. The summed E-state index contributed by atoms with van der Waals surface area (Å²) in [6.07, 6.45) is 0.199. The molecule has 96 valence electrons. The Labute approximate surface area is 108 Å². The quantitative estimate of drug-likeness (QED) is 0.773. The van der Waals surface area contributed by atoms with Crippen molar-refractivity contribution in [2.75, 3.05) is 4.90 Å². The number of hydrogen-bond acceptors (Lipinski definition) is 4. The Morgan fingerprint density at radius 1 is 1.16 bits per heavy atom. The summed E-state index contributed by atoms with van der Waals surface area (Å²) in [7, 11) is 0. The Morgan fingerprint density at radius 2 is 1.84 bits per heavy atom. The van der Waals surface area contributed by atoms with E-state index >= 15 is 0 Å². The van der Waals surface area contributed by atoms with Crippen molar-refractivity contribution in [2.45, 2.75) is 25.0 Å². The Hall–Kier alpha value is -2.21.